The molecule has 1 aromatic rings. The number of benzene rings is 1. The van der Waals surface area contributed by atoms with Crippen LogP contribution in [0.3, 0.4) is 0 Å². The number of piperazine rings is 1. The summed E-state index contributed by atoms with van der Waals surface area (Å²) in [6, 6.07) is 8.13. The lowest BCUT2D eigenvalue weighted by atomic mass is 10.2. The van der Waals surface area contributed by atoms with E-state index in [1.807, 2.05) is 26.0 Å². The highest BCUT2D eigenvalue weighted by Crippen LogP contribution is 2.17. The Balaban J connectivity index is 0.000000606. The van der Waals surface area contributed by atoms with E-state index in [9.17, 15) is 0 Å². The molecule has 1 saturated heterocycles. The molecule has 0 amide bonds. The van der Waals surface area contributed by atoms with Gasteiger partial charge in [0.1, 0.15) is 0 Å². The molecule has 3 heteroatoms. The molecular formula is C13H23N3. The van der Waals surface area contributed by atoms with Crippen LogP contribution in [0.2, 0.25) is 0 Å². The molecule has 2 rings (SSSR count). The fourth-order valence-corrected chi connectivity index (χ4v) is 1.75. The van der Waals surface area contributed by atoms with Crippen LogP contribution in [-0.2, 0) is 0 Å². The van der Waals surface area contributed by atoms with Crippen LogP contribution in [0.1, 0.15) is 13.8 Å². The Bertz CT molecular complexity index is 287. The van der Waals surface area contributed by atoms with Crippen molar-refractivity contribution in [1.82, 2.24) is 4.90 Å². The Labute approximate surface area is 98.8 Å². The third-order valence-corrected chi connectivity index (χ3v) is 2.76. The second kappa shape index (κ2) is 6.38. The Hall–Kier alpha value is -1.22. The van der Waals surface area contributed by atoms with Gasteiger partial charge in [-0.2, -0.15) is 0 Å². The molecule has 0 aromatic heterocycles. The highest BCUT2D eigenvalue weighted by molar-refractivity contribution is 5.53. The van der Waals surface area contributed by atoms with E-state index in [0.717, 1.165) is 31.9 Å². The summed E-state index contributed by atoms with van der Waals surface area (Å²) in [5.41, 5.74) is 7.77. The smallest absolute Gasteiger partial charge is 0.0368 e. The average molecular weight is 221 g/mol. The first kappa shape index (κ1) is 12.8. The molecule has 0 bridgehead atoms. The average Bonchev–Trinajstić information content (AvgIpc) is 2.34. The van der Waals surface area contributed by atoms with Crippen molar-refractivity contribution in [1.29, 1.82) is 0 Å². The topological polar surface area (TPSA) is 32.5 Å². The van der Waals surface area contributed by atoms with Gasteiger partial charge in [0.2, 0.25) is 0 Å². The molecule has 0 spiro atoms. The molecule has 0 saturated carbocycles. The minimum atomic E-state index is 0.836. The Morgan fingerprint density at radius 3 is 1.94 bits per heavy atom. The van der Waals surface area contributed by atoms with Crippen molar-refractivity contribution in [3.63, 3.8) is 0 Å². The second-order valence-electron chi connectivity index (χ2n) is 3.88. The minimum absolute atomic E-state index is 0.836. The molecule has 1 aliphatic heterocycles. The van der Waals surface area contributed by atoms with Gasteiger partial charge in [-0.3, -0.25) is 0 Å². The van der Waals surface area contributed by atoms with Crippen LogP contribution in [-0.4, -0.2) is 38.1 Å². The summed E-state index contributed by atoms with van der Waals surface area (Å²) in [6.07, 6.45) is 0. The Morgan fingerprint density at radius 1 is 0.938 bits per heavy atom. The van der Waals surface area contributed by atoms with E-state index in [0.29, 0.717) is 0 Å². The molecule has 0 aliphatic carbocycles. The van der Waals surface area contributed by atoms with Crippen molar-refractivity contribution in [2.75, 3.05) is 43.9 Å². The summed E-state index contributed by atoms with van der Waals surface area (Å²) in [5, 5.41) is 0. The molecule has 1 aliphatic rings. The molecular weight excluding hydrogens is 198 g/mol. The fraction of sp³-hybridized carbons (Fsp3) is 0.538. The lowest BCUT2D eigenvalue weighted by Crippen LogP contribution is -2.44. The third-order valence-electron chi connectivity index (χ3n) is 2.76. The lowest BCUT2D eigenvalue weighted by Gasteiger charge is -2.34. The van der Waals surface area contributed by atoms with Crippen molar-refractivity contribution in [2.45, 2.75) is 13.8 Å². The molecule has 1 aromatic carbocycles. The van der Waals surface area contributed by atoms with Crippen molar-refractivity contribution < 1.29 is 0 Å². The molecule has 90 valence electrons. The predicted molar refractivity (Wildman–Crippen MR) is 71.9 cm³/mol. The number of nitrogens with zero attached hydrogens (tertiary/aromatic N) is 2. The van der Waals surface area contributed by atoms with Gasteiger partial charge in [-0.1, -0.05) is 13.8 Å². The van der Waals surface area contributed by atoms with Gasteiger partial charge in [-0.05, 0) is 31.3 Å². The molecule has 2 N–H and O–H groups in total. The SMILES string of the molecule is CC.CN1CCN(c2ccc(N)cc2)CC1. The van der Waals surface area contributed by atoms with E-state index in [1.54, 1.807) is 0 Å². The molecule has 0 radical (unpaired) electrons. The molecule has 1 heterocycles. The zero-order chi connectivity index (χ0) is 12.0. The summed E-state index contributed by atoms with van der Waals surface area (Å²) in [4.78, 5) is 4.76. The summed E-state index contributed by atoms with van der Waals surface area (Å²) < 4.78 is 0. The van der Waals surface area contributed by atoms with E-state index in [1.165, 1.54) is 5.69 Å². The van der Waals surface area contributed by atoms with Crippen molar-refractivity contribution in [3.05, 3.63) is 24.3 Å². The Morgan fingerprint density at radius 2 is 1.44 bits per heavy atom. The molecule has 3 nitrogen and oxygen atoms in total. The maximum absolute atomic E-state index is 5.65. The molecule has 0 atom stereocenters. The second-order valence-corrected chi connectivity index (χ2v) is 3.88. The van der Waals surface area contributed by atoms with Gasteiger partial charge in [-0.15, -0.1) is 0 Å². The van der Waals surface area contributed by atoms with Gasteiger partial charge in [-0.25, -0.2) is 0 Å². The van der Waals surface area contributed by atoms with E-state index in [4.69, 9.17) is 5.73 Å². The van der Waals surface area contributed by atoms with Crippen LogP contribution in [0.15, 0.2) is 24.3 Å². The van der Waals surface area contributed by atoms with Gasteiger partial charge in [0.05, 0.1) is 0 Å². The highest BCUT2D eigenvalue weighted by atomic mass is 15.2. The molecule has 1 fully saturated rings. The minimum Gasteiger partial charge on any atom is -0.399 e. The third kappa shape index (κ3) is 3.42. The van der Waals surface area contributed by atoms with E-state index in [2.05, 4.69) is 29.0 Å². The van der Waals surface area contributed by atoms with Crippen LogP contribution in [0, 0.1) is 0 Å². The quantitative estimate of drug-likeness (QED) is 0.737. The summed E-state index contributed by atoms with van der Waals surface area (Å²) in [7, 11) is 2.17. The van der Waals surface area contributed by atoms with Crippen LogP contribution in [0.25, 0.3) is 0 Å². The van der Waals surface area contributed by atoms with Crippen LogP contribution in [0.5, 0.6) is 0 Å². The van der Waals surface area contributed by atoms with Gasteiger partial charge < -0.3 is 15.5 Å². The van der Waals surface area contributed by atoms with Gasteiger partial charge in [0.15, 0.2) is 0 Å². The van der Waals surface area contributed by atoms with Gasteiger partial charge >= 0.3 is 0 Å². The first-order valence-electron chi connectivity index (χ1n) is 6.05. The van der Waals surface area contributed by atoms with E-state index in [-0.39, 0.29) is 0 Å². The number of nitrogen functional groups attached to an aromatic ring is 1. The predicted octanol–water partition coefficient (Wildman–Crippen LogP) is 2.05. The molecule has 16 heavy (non-hydrogen) atoms. The number of nitrogens with two attached hydrogens (primary N) is 1. The maximum Gasteiger partial charge on any atom is 0.0368 e. The first-order chi connectivity index (χ1) is 7.75. The zero-order valence-corrected chi connectivity index (χ0v) is 10.6. The number of rotatable bonds is 1. The van der Waals surface area contributed by atoms with Crippen LogP contribution >= 0.6 is 0 Å². The number of hydrogen-bond donors (Lipinski definition) is 1. The Kier molecular flexibility index (Phi) is 5.12. The largest absolute Gasteiger partial charge is 0.399 e. The van der Waals surface area contributed by atoms with Gasteiger partial charge in [0, 0.05) is 37.6 Å². The standard InChI is InChI=1S/C11H17N3.C2H6/c1-13-6-8-14(9-7-13)11-4-2-10(12)3-5-11;1-2/h2-5H,6-9,12H2,1H3;1-2H3. The summed E-state index contributed by atoms with van der Waals surface area (Å²) >= 11 is 0. The number of anilines is 2. The highest BCUT2D eigenvalue weighted by Gasteiger charge is 2.13. The summed E-state index contributed by atoms with van der Waals surface area (Å²) in [5.74, 6) is 0. The number of hydrogen-bond acceptors (Lipinski definition) is 3. The van der Waals surface area contributed by atoms with E-state index < -0.39 is 0 Å². The van der Waals surface area contributed by atoms with E-state index >= 15 is 0 Å². The van der Waals surface area contributed by atoms with Crippen LogP contribution < -0.4 is 10.6 Å². The van der Waals surface area contributed by atoms with Crippen molar-refractivity contribution in [2.24, 2.45) is 0 Å². The first-order valence-corrected chi connectivity index (χ1v) is 6.05. The lowest BCUT2D eigenvalue weighted by molar-refractivity contribution is 0.313. The monoisotopic (exact) mass is 221 g/mol. The fourth-order valence-electron chi connectivity index (χ4n) is 1.75. The molecule has 0 unspecified atom stereocenters. The number of likely N-dealkylation sites (N-methyl/N-ethyl adjacent to an activating group) is 1. The van der Waals surface area contributed by atoms with Gasteiger partial charge in [0.25, 0.3) is 0 Å². The maximum atomic E-state index is 5.65. The zero-order valence-electron chi connectivity index (χ0n) is 10.6. The normalized spacial score (nSPS) is 16.6. The van der Waals surface area contributed by atoms with Crippen molar-refractivity contribution in [3.8, 4) is 0 Å². The van der Waals surface area contributed by atoms with Crippen molar-refractivity contribution >= 4 is 11.4 Å². The van der Waals surface area contributed by atoms with Crippen LogP contribution in [0.4, 0.5) is 11.4 Å². The summed E-state index contributed by atoms with van der Waals surface area (Å²) in [6.45, 7) is 8.51.